The lowest BCUT2D eigenvalue weighted by Crippen LogP contribution is -1.98. The number of aryl methyl sites for hydroxylation is 3. The SMILES string of the molecule is Cc1cc(-c2cc(-c3ccccc3C)nc(-c3ccccc3C)n2)ccc1-c1ccc(-c2ccc(-n3c4ccccc4c4cc(-n5c6ccccc6c6ccccc65)ccc43)cc2)cc1. The third-order valence-corrected chi connectivity index (χ3v) is 13.2. The van der Waals surface area contributed by atoms with Crippen molar-refractivity contribution in [3.63, 3.8) is 0 Å². The van der Waals surface area contributed by atoms with Crippen LogP contribution in [0.4, 0.5) is 0 Å². The van der Waals surface area contributed by atoms with Crippen molar-refractivity contribution in [3.05, 3.63) is 229 Å². The van der Waals surface area contributed by atoms with Gasteiger partial charge in [0.05, 0.1) is 33.5 Å². The summed E-state index contributed by atoms with van der Waals surface area (Å²) >= 11 is 0. The molecular weight excluding hydrogens is 789 g/mol. The third-order valence-electron chi connectivity index (χ3n) is 13.2. The molecule has 0 spiro atoms. The van der Waals surface area contributed by atoms with Crippen molar-refractivity contribution in [2.45, 2.75) is 20.8 Å². The fourth-order valence-corrected chi connectivity index (χ4v) is 9.91. The van der Waals surface area contributed by atoms with Gasteiger partial charge in [-0.15, -0.1) is 0 Å². The predicted molar refractivity (Wildman–Crippen MR) is 272 cm³/mol. The lowest BCUT2D eigenvalue weighted by molar-refractivity contribution is 1.17. The van der Waals surface area contributed by atoms with Crippen LogP contribution in [0.25, 0.3) is 111 Å². The van der Waals surface area contributed by atoms with E-state index in [1.54, 1.807) is 0 Å². The van der Waals surface area contributed by atoms with E-state index in [-0.39, 0.29) is 0 Å². The Bertz CT molecular complexity index is 3680. The van der Waals surface area contributed by atoms with E-state index in [2.05, 4.69) is 242 Å². The average molecular weight is 833 g/mol. The minimum atomic E-state index is 0.740. The smallest absolute Gasteiger partial charge is 0.160 e. The van der Waals surface area contributed by atoms with Gasteiger partial charge in [0.2, 0.25) is 0 Å². The van der Waals surface area contributed by atoms with Crippen molar-refractivity contribution in [1.29, 1.82) is 0 Å². The first-order valence-electron chi connectivity index (χ1n) is 22.3. The van der Waals surface area contributed by atoms with Gasteiger partial charge in [0.1, 0.15) is 0 Å². The van der Waals surface area contributed by atoms with E-state index in [0.29, 0.717) is 0 Å². The van der Waals surface area contributed by atoms with Crippen molar-refractivity contribution in [2.75, 3.05) is 0 Å². The molecule has 0 fully saturated rings. The van der Waals surface area contributed by atoms with Gasteiger partial charge in [-0.3, -0.25) is 0 Å². The Labute approximate surface area is 378 Å². The van der Waals surface area contributed by atoms with Crippen LogP contribution in [0.1, 0.15) is 16.7 Å². The van der Waals surface area contributed by atoms with Crippen LogP contribution in [0.2, 0.25) is 0 Å². The molecule has 0 aliphatic heterocycles. The van der Waals surface area contributed by atoms with Crippen LogP contribution < -0.4 is 0 Å². The molecule has 3 aromatic heterocycles. The van der Waals surface area contributed by atoms with E-state index in [9.17, 15) is 0 Å². The summed E-state index contributed by atoms with van der Waals surface area (Å²) in [5.74, 6) is 0.740. The number of aromatic nitrogens is 4. The van der Waals surface area contributed by atoms with E-state index in [1.807, 2.05) is 0 Å². The highest BCUT2D eigenvalue weighted by Crippen LogP contribution is 2.38. The van der Waals surface area contributed by atoms with Gasteiger partial charge in [0, 0.05) is 49.6 Å². The molecule has 308 valence electrons. The summed E-state index contributed by atoms with van der Waals surface area (Å²) in [4.78, 5) is 10.2. The maximum absolute atomic E-state index is 5.15. The molecule has 0 unspecified atom stereocenters. The van der Waals surface area contributed by atoms with E-state index < -0.39 is 0 Å². The molecule has 4 heteroatoms. The van der Waals surface area contributed by atoms with Crippen molar-refractivity contribution >= 4 is 43.6 Å². The summed E-state index contributed by atoms with van der Waals surface area (Å²) in [5, 5.41) is 5.01. The number of fused-ring (bicyclic) bond motifs is 6. The first-order chi connectivity index (χ1) is 32.0. The summed E-state index contributed by atoms with van der Waals surface area (Å²) in [7, 11) is 0. The Balaban J connectivity index is 0.851. The summed E-state index contributed by atoms with van der Waals surface area (Å²) in [5.41, 5.74) is 20.5. The molecule has 0 aliphatic carbocycles. The molecule has 0 saturated heterocycles. The van der Waals surface area contributed by atoms with Gasteiger partial charge in [-0.2, -0.15) is 0 Å². The second-order valence-corrected chi connectivity index (χ2v) is 17.2. The Morgan fingerprint density at radius 2 is 0.754 bits per heavy atom. The van der Waals surface area contributed by atoms with Gasteiger partial charge in [0.25, 0.3) is 0 Å². The van der Waals surface area contributed by atoms with Gasteiger partial charge in [-0.05, 0) is 120 Å². The molecule has 0 atom stereocenters. The first-order valence-corrected chi connectivity index (χ1v) is 22.3. The summed E-state index contributed by atoms with van der Waals surface area (Å²) in [6.07, 6.45) is 0. The molecule has 0 bridgehead atoms. The maximum atomic E-state index is 5.15. The van der Waals surface area contributed by atoms with Gasteiger partial charge >= 0.3 is 0 Å². The lowest BCUT2D eigenvalue weighted by atomic mass is 9.95. The molecule has 0 aliphatic rings. The van der Waals surface area contributed by atoms with Crippen molar-refractivity contribution < 1.29 is 0 Å². The van der Waals surface area contributed by atoms with E-state index in [4.69, 9.17) is 9.97 Å². The third kappa shape index (κ3) is 6.53. The molecule has 0 radical (unpaired) electrons. The van der Waals surface area contributed by atoms with Gasteiger partial charge in [0.15, 0.2) is 5.82 Å². The van der Waals surface area contributed by atoms with Crippen molar-refractivity contribution in [2.24, 2.45) is 0 Å². The molecule has 3 heterocycles. The molecule has 65 heavy (non-hydrogen) atoms. The fourth-order valence-electron chi connectivity index (χ4n) is 9.91. The maximum Gasteiger partial charge on any atom is 0.160 e. The number of nitrogens with zero attached hydrogens (tertiary/aromatic N) is 4. The summed E-state index contributed by atoms with van der Waals surface area (Å²) in [6, 6.07) is 76.6. The number of benzene rings is 9. The quantitative estimate of drug-likeness (QED) is 0.160. The fraction of sp³-hybridized carbons (Fsp3) is 0.0492. The van der Waals surface area contributed by atoms with Crippen LogP contribution in [0, 0.1) is 20.8 Å². The summed E-state index contributed by atoms with van der Waals surface area (Å²) in [6.45, 7) is 6.45. The molecule has 12 aromatic rings. The number of para-hydroxylation sites is 3. The number of rotatable bonds is 7. The zero-order chi connectivity index (χ0) is 43.6. The largest absolute Gasteiger partial charge is 0.309 e. The molecule has 0 saturated carbocycles. The minimum absolute atomic E-state index is 0.740. The molecule has 0 N–H and O–H groups in total. The predicted octanol–water partition coefficient (Wildman–Crippen LogP) is 15.9. The molecule has 12 rings (SSSR count). The monoisotopic (exact) mass is 832 g/mol. The Morgan fingerprint density at radius 1 is 0.292 bits per heavy atom. The highest BCUT2D eigenvalue weighted by molar-refractivity contribution is 6.12. The zero-order valence-electron chi connectivity index (χ0n) is 36.5. The molecule has 4 nitrogen and oxygen atoms in total. The average Bonchev–Trinajstić information content (AvgIpc) is 3.87. The Kier molecular flexibility index (Phi) is 9.13. The van der Waals surface area contributed by atoms with Crippen LogP contribution >= 0.6 is 0 Å². The molecule has 9 aromatic carbocycles. The van der Waals surface area contributed by atoms with Gasteiger partial charge in [-0.25, -0.2) is 9.97 Å². The summed E-state index contributed by atoms with van der Waals surface area (Å²) < 4.78 is 4.80. The topological polar surface area (TPSA) is 35.6 Å². The second-order valence-electron chi connectivity index (χ2n) is 17.2. The van der Waals surface area contributed by atoms with Crippen LogP contribution in [-0.4, -0.2) is 19.1 Å². The van der Waals surface area contributed by atoms with Crippen LogP contribution in [0.3, 0.4) is 0 Å². The Hall–Kier alpha value is -8.34. The highest BCUT2D eigenvalue weighted by Gasteiger charge is 2.18. The van der Waals surface area contributed by atoms with Gasteiger partial charge in [-0.1, -0.05) is 152 Å². The zero-order valence-corrected chi connectivity index (χ0v) is 36.5. The minimum Gasteiger partial charge on any atom is -0.309 e. The van der Waals surface area contributed by atoms with Crippen LogP contribution in [0.15, 0.2) is 212 Å². The standard InChI is InChI=1S/C61H44N4/c1-39-14-4-6-16-49(39)56-38-55(62-61(63-56)50-17-7-5-15-40(50)2)45-30-34-48(41(3)36-45)44-26-24-42(25-27-44)43-28-31-46(32-29-43)64-59-23-13-10-20-53(59)54-37-47(33-35-60(54)64)65-57-21-11-8-18-51(57)52-19-9-12-22-58(52)65/h4-38H,1-3H3. The normalized spacial score (nSPS) is 11.6. The van der Waals surface area contributed by atoms with Crippen molar-refractivity contribution in [3.8, 4) is 67.5 Å². The van der Waals surface area contributed by atoms with Gasteiger partial charge < -0.3 is 9.13 Å². The van der Waals surface area contributed by atoms with E-state index >= 15 is 0 Å². The van der Waals surface area contributed by atoms with Crippen LogP contribution in [-0.2, 0) is 0 Å². The number of hydrogen-bond acceptors (Lipinski definition) is 2. The van der Waals surface area contributed by atoms with Crippen LogP contribution in [0.5, 0.6) is 0 Å². The lowest BCUT2D eigenvalue weighted by Gasteiger charge is -2.14. The number of hydrogen-bond donors (Lipinski definition) is 0. The van der Waals surface area contributed by atoms with E-state index in [1.165, 1.54) is 77.0 Å². The Morgan fingerprint density at radius 3 is 1.37 bits per heavy atom. The second kappa shape index (κ2) is 15.5. The van der Waals surface area contributed by atoms with E-state index in [0.717, 1.165) is 50.8 Å². The highest BCUT2D eigenvalue weighted by atomic mass is 15.0. The molecular formula is C61H44N4. The first kappa shape index (κ1) is 38.3. The molecule has 0 amide bonds. The van der Waals surface area contributed by atoms with Crippen molar-refractivity contribution in [1.82, 2.24) is 19.1 Å².